The molecule has 2 aromatic carbocycles. The molecule has 0 aliphatic heterocycles. The van der Waals surface area contributed by atoms with Crippen LogP contribution in [0.5, 0.6) is 23.0 Å². The molecule has 0 unspecified atom stereocenters. The lowest BCUT2D eigenvalue weighted by atomic mass is 10.0. The molecule has 2 rings (SSSR count). The van der Waals surface area contributed by atoms with Gasteiger partial charge in [0.1, 0.15) is 11.5 Å². The van der Waals surface area contributed by atoms with Gasteiger partial charge >= 0.3 is 0 Å². The van der Waals surface area contributed by atoms with E-state index in [0.717, 1.165) is 46.7 Å². The molecule has 0 amide bonds. The molecule has 0 bridgehead atoms. The van der Waals surface area contributed by atoms with Gasteiger partial charge in [-0.3, -0.25) is 0 Å². The number of allylic oxidation sites excluding steroid dienone is 2. The van der Waals surface area contributed by atoms with Crippen LogP contribution in [-0.4, -0.2) is 56.7 Å². The maximum Gasteiger partial charge on any atom is 0.189 e. The SMILES string of the molecule is C/C=C/Cc1c(/C=C/c2ccc(OCOCC[Si](C)(C)C)c(OC)c2)cc(OCOCC[Si](C)(C)C)cc1OCC. The van der Waals surface area contributed by atoms with E-state index in [1.165, 1.54) is 0 Å². The highest BCUT2D eigenvalue weighted by molar-refractivity contribution is 6.76. The zero-order valence-corrected chi connectivity index (χ0v) is 28.8. The Bertz CT molecular complexity index is 1120. The zero-order valence-electron chi connectivity index (χ0n) is 26.8. The van der Waals surface area contributed by atoms with E-state index in [-0.39, 0.29) is 13.6 Å². The quantitative estimate of drug-likeness (QED) is 0.0528. The Morgan fingerprint density at radius 3 is 1.98 bits per heavy atom. The summed E-state index contributed by atoms with van der Waals surface area (Å²) in [7, 11) is -0.620. The predicted molar refractivity (Wildman–Crippen MR) is 177 cm³/mol. The molecule has 41 heavy (non-hydrogen) atoms. The topological polar surface area (TPSA) is 55.4 Å². The van der Waals surface area contributed by atoms with E-state index in [4.69, 9.17) is 28.4 Å². The van der Waals surface area contributed by atoms with Crippen molar-refractivity contribution in [1.82, 2.24) is 0 Å². The zero-order chi connectivity index (χ0) is 30.3. The van der Waals surface area contributed by atoms with E-state index >= 15 is 0 Å². The number of methoxy groups -OCH3 is 1. The highest BCUT2D eigenvalue weighted by Crippen LogP contribution is 2.33. The van der Waals surface area contributed by atoms with Crippen molar-refractivity contribution in [3.8, 4) is 23.0 Å². The summed E-state index contributed by atoms with van der Waals surface area (Å²) in [4.78, 5) is 0. The normalized spacial score (nSPS) is 12.3. The van der Waals surface area contributed by atoms with Crippen LogP contribution in [0.4, 0.5) is 0 Å². The van der Waals surface area contributed by atoms with Crippen molar-refractivity contribution in [2.75, 3.05) is 40.5 Å². The van der Waals surface area contributed by atoms with Crippen molar-refractivity contribution in [3.63, 3.8) is 0 Å². The van der Waals surface area contributed by atoms with Gasteiger partial charge in [0, 0.05) is 41.0 Å². The molecule has 0 saturated heterocycles. The van der Waals surface area contributed by atoms with Crippen LogP contribution in [0.3, 0.4) is 0 Å². The lowest BCUT2D eigenvalue weighted by Gasteiger charge is -2.17. The standard InChI is InChI=1S/C33H52O6Si2/c1-10-12-13-30-28(23-29(24-32(30)37-11-2)38-25-35-18-20-40(4,5)6)16-14-27-15-17-31(33(22-27)34-3)39-26-36-19-21-41(7,8)9/h10,12,14-17,22-24H,11,13,18-21,25-26H2,1-9H3/b12-10+,16-14+. The Labute approximate surface area is 250 Å². The first-order valence-corrected chi connectivity index (χ1v) is 22.0. The minimum absolute atomic E-state index is 0.208. The molecular weight excluding hydrogens is 549 g/mol. The largest absolute Gasteiger partial charge is 0.493 e. The van der Waals surface area contributed by atoms with Crippen molar-refractivity contribution in [2.45, 2.75) is 71.6 Å². The molecular formula is C33H52O6Si2. The summed E-state index contributed by atoms with van der Waals surface area (Å²) >= 11 is 0. The van der Waals surface area contributed by atoms with Crippen LogP contribution in [0, 0.1) is 0 Å². The first-order chi connectivity index (χ1) is 19.5. The van der Waals surface area contributed by atoms with Crippen LogP contribution in [-0.2, 0) is 15.9 Å². The molecule has 8 heteroatoms. The van der Waals surface area contributed by atoms with Gasteiger partial charge in [-0.25, -0.2) is 0 Å². The lowest BCUT2D eigenvalue weighted by molar-refractivity contribution is 0.0205. The van der Waals surface area contributed by atoms with Crippen molar-refractivity contribution >= 4 is 28.3 Å². The maximum atomic E-state index is 6.04. The van der Waals surface area contributed by atoms with Gasteiger partial charge < -0.3 is 28.4 Å². The molecule has 0 atom stereocenters. The molecule has 228 valence electrons. The summed E-state index contributed by atoms with van der Waals surface area (Å²) in [6.07, 6.45) is 9.10. The maximum absolute atomic E-state index is 6.04. The molecule has 0 radical (unpaired) electrons. The van der Waals surface area contributed by atoms with Crippen LogP contribution in [0.1, 0.15) is 30.5 Å². The van der Waals surface area contributed by atoms with E-state index in [2.05, 4.69) is 63.6 Å². The highest BCUT2D eigenvalue weighted by Gasteiger charge is 2.14. The first kappa shape index (κ1) is 34.7. The predicted octanol–water partition coefficient (Wildman–Crippen LogP) is 8.77. The van der Waals surface area contributed by atoms with E-state index < -0.39 is 16.1 Å². The summed E-state index contributed by atoms with van der Waals surface area (Å²) in [6.45, 7) is 20.5. The van der Waals surface area contributed by atoms with Gasteiger partial charge in [-0.15, -0.1) is 0 Å². The smallest absolute Gasteiger partial charge is 0.189 e. The van der Waals surface area contributed by atoms with Crippen molar-refractivity contribution < 1.29 is 28.4 Å². The fourth-order valence-electron chi connectivity index (χ4n) is 3.79. The molecule has 0 aliphatic carbocycles. The molecule has 6 nitrogen and oxygen atoms in total. The molecule has 0 aliphatic rings. The molecule has 0 heterocycles. The molecule has 0 spiro atoms. The second kappa shape index (κ2) is 17.4. The fourth-order valence-corrected chi connectivity index (χ4v) is 5.31. The Hall–Kier alpha value is -2.53. The summed E-state index contributed by atoms with van der Waals surface area (Å²) < 4.78 is 35.0. The third kappa shape index (κ3) is 13.8. The minimum Gasteiger partial charge on any atom is -0.493 e. The molecule has 0 saturated carbocycles. The van der Waals surface area contributed by atoms with Gasteiger partial charge in [-0.05, 0) is 61.7 Å². The second-order valence-electron chi connectivity index (χ2n) is 12.4. The van der Waals surface area contributed by atoms with Crippen LogP contribution < -0.4 is 18.9 Å². The lowest BCUT2D eigenvalue weighted by Crippen LogP contribution is -2.22. The van der Waals surface area contributed by atoms with Crippen molar-refractivity contribution in [3.05, 3.63) is 59.2 Å². The fraction of sp³-hybridized carbons (Fsp3) is 0.515. The van der Waals surface area contributed by atoms with Gasteiger partial charge in [0.15, 0.2) is 25.1 Å². The molecule has 0 N–H and O–H groups in total. The third-order valence-electron chi connectivity index (χ3n) is 6.32. The average Bonchev–Trinajstić information content (AvgIpc) is 2.90. The van der Waals surface area contributed by atoms with Gasteiger partial charge in [-0.2, -0.15) is 0 Å². The van der Waals surface area contributed by atoms with E-state index in [9.17, 15) is 0 Å². The van der Waals surface area contributed by atoms with Gasteiger partial charge in [0.05, 0.1) is 13.7 Å². The van der Waals surface area contributed by atoms with Gasteiger partial charge in [0.2, 0.25) is 0 Å². The number of hydrogen-bond acceptors (Lipinski definition) is 6. The van der Waals surface area contributed by atoms with Gasteiger partial charge in [0.25, 0.3) is 0 Å². The van der Waals surface area contributed by atoms with Crippen LogP contribution in [0.2, 0.25) is 51.4 Å². The Morgan fingerprint density at radius 2 is 1.39 bits per heavy atom. The minimum atomic E-state index is -1.14. The second-order valence-corrected chi connectivity index (χ2v) is 23.6. The third-order valence-corrected chi connectivity index (χ3v) is 9.73. The Kier molecular flexibility index (Phi) is 14.7. The monoisotopic (exact) mass is 600 g/mol. The van der Waals surface area contributed by atoms with Crippen molar-refractivity contribution in [2.24, 2.45) is 0 Å². The number of benzene rings is 2. The molecule has 2 aromatic rings. The number of hydrogen-bond donors (Lipinski definition) is 0. The summed E-state index contributed by atoms with van der Waals surface area (Å²) in [5.41, 5.74) is 3.13. The number of ether oxygens (including phenoxy) is 6. The van der Waals surface area contributed by atoms with E-state index in [1.807, 2.05) is 44.2 Å². The van der Waals surface area contributed by atoms with Crippen LogP contribution in [0.25, 0.3) is 12.2 Å². The summed E-state index contributed by atoms with van der Waals surface area (Å²) in [5.74, 6) is 2.87. The van der Waals surface area contributed by atoms with E-state index in [1.54, 1.807) is 7.11 Å². The molecule has 0 fully saturated rings. The van der Waals surface area contributed by atoms with E-state index in [0.29, 0.717) is 31.3 Å². The Balaban J connectivity index is 2.21. The van der Waals surface area contributed by atoms with Gasteiger partial charge in [-0.1, -0.05) is 69.7 Å². The first-order valence-electron chi connectivity index (χ1n) is 14.6. The molecule has 0 aromatic heterocycles. The van der Waals surface area contributed by atoms with Crippen LogP contribution in [0.15, 0.2) is 42.5 Å². The van der Waals surface area contributed by atoms with Crippen molar-refractivity contribution in [1.29, 1.82) is 0 Å². The average molecular weight is 601 g/mol. The highest BCUT2D eigenvalue weighted by atomic mass is 28.3. The summed E-state index contributed by atoms with van der Waals surface area (Å²) in [6, 6.07) is 12.1. The number of rotatable bonds is 19. The Morgan fingerprint density at radius 1 is 0.732 bits per heavy atom. The summed E-state index contributed by atoms with van der Waals surface area (Å²) in [5, 5.41) is 0. The van der Waals surface area contributed by atoms with Crippen LogP contribution >= 0.6 is 0 Å².